The molecule has 0 saturated heterocycles. The van der Waals surface area contributed by atoms with Crippen molar-refractivity contribution in [2.24, 2.45) is 16.8 Å². The summed E-state index contributed by atoms with van der Waals surface area (Å²) in [5.74, 6) is 2.33. The summed E-state index contributed by atoms with van der Waals surface area (Å²) >= 11 is 6.16. The van der Waals surface area contributed by atoms with Crippen molar-refractivity contribution in [1.82, 2.24) is 20.4 Å². The third-order valence-electron chi connectivity index (χ3n) is 6.85. The molecule has 2 amide bonds. The maximum Gasteiger partial charge on any atom is 0.322 e. The van der Waals surface area contributed by atoms with Crippen LogP contribution >= 0.6 is 11.6 Å². The molecule has 0 bridgehead atoms. The number of aromatic nitrogens is 2. The number of rotatable bonds is 2. The van der Waals surface area contributed by atoms with Crippen LogP contribution in [0.3, 0.4) is 0 Å². The van der Waals surface area contributed by atoms with E-state index in [4.69, 9.17) is 16.6 Å². The second-order valence-electron chi connectivity index (χ2n) is 8.83. The minimum Gasteiger partial charge on any atom is -0.364 e. The van der Waals surface area contributed by atoms with Gasteiger partial charge >= 0.3 is 6.03 Å². The van der Waals surface area contributed by atoms with Crippen LogP contribution in [0.15, 0.2) is 29.3 Å². The van der Waals surface area contributed by atoms with E-state index in [-0.39, 0.29) is 6.03 Å². The summed E-state index contributed by atoms with van der Waals surface area (Å²) in [7, 11) is 0. The van der Waals surface area contributed by atoms with Crippen LogP contribution in [0, 0.1) is 11.8 Å². The normalized spacial score (nSPS) is 27.7. The summed E-state index contributed by atoms with van der Waals surface area (Å²) in [4.78, 5) is 19.5. The first-order valence-corrected chi connectivity index (χ1v) is 11.1. The molecule has 5 rings (SSSR count). The number of amidine groups is 1. The van der Waals surface area contributed by atoms with Gasteiger partial charge in [0.25, 0.3) is 0 Å². The van der Waals surface area contributed by atoms with E-state index in [0.717, 1.165) is 36.5 Å². The van der Waals surface area contributed by atoms with Gasteiger partial charge in [0.2, 0.25) is 0 Å². The molecule has 7 nitrogen and oxygen atoms in total. The standard InChI is InChI=1S/C22H27ClN6O/c1-12-9-17-18(10-13(12)2)25-21(24-17)20-14-7-8-29(11-19(14)27-28-20)22(30)26-16-6-4-3-5-15(16)23/h3-6,12-13,17-18H,7-11H2,1-2H3,(H,24,25)(H,26,30)(H,27,28)/t12?,13?,17-,18?/m0/s1. The van der Waals surface area contributed by atoms with Gasteiger partial charge in [-0.1, -0.05) is 37.6 Å². The molecule has 0 radical (unpaired) electrons. The van der Waals surface area contributed by atoms with E-state index in [1.165, 1.54) is 5.56 Å². The highest BCUT2D eigenvalue weighted by Crippen LogP contribution is 2.34. The first-order valence-electron chi connectivity index (χ1n) is 10.7. The number of carbonyl (C=O) groups excluding carboxylic acids is 1. The highest BCUT2D eigenvalue weighted by Gasteiger charge is 2.39. The quantitative estimate of drug-likeness (QED) is 0.682. The molecule has 1 aromatic carbocycles. The summed E-state index contributed by atoms with van der Waals surface area (Å²) in [6.07, 6.45) is 3.03. The predicted octanol–water partition coefficient (Wildman–Crippen LogP) is 3.81. The average molecular weight is 427 g/mol. The fraction of sp³-hybridized carbons (Fsp3) is 0.500. The highest BCUT2D eigenvalue weighted by molar-refractivity contribution is 6.33. The summed E-state index contributed by atoms with van der Waals surface area (Å²) in [5, 5.41) is 14.8. The fourth-order valence-corrected chi connectivity index (χ4v) is 5.00. The lowest BCUT2D eigenvalue weighted by molar-refractivity contribution is 0.205. The lowest BCUT2D eigenvalue weighted by Crippen LogP contribution is -2.42. The number of nitrogens with zero attached hydrogens (tertiary/aromatic N) is 3. The zero-order chi connectivity index (χ0) is 20.8. The Morgan fingerprint density at radius 2 is 2.03 bits per heavy atom. The Morgan fingerprint density at radius 1 is 1.23 bits per heavy atom. The number of para-hydroxylation sites is 1. The third-order valence-corrected chi connectivity index (χ3v) is 7.18. The van der Waals surface area contributed by atoms with Gasteiger partial charge in [0.05, 0.1) is 35.0 Å². The Bertz CT molecular complexity index is 1000. The monoisotopic (exact) mass is 426 g/mol. The highest BCUT2D eigenvalue weighted by atomic mass is 35.5. The molecule has 3 unspecified atom stereocenters. The molecule has 1 aromatic heterocycles. The van der Waals surface area contributed by atoms with Gasteiger partial charge in [0.1, 0.15) is 11.5 Å². The molecule has 2 aromatic rings. The number of aliphatic imine (C=N–C) groups is 1. The molecule has 30 heavy (non-hydrogen) atoms. The summed E-state index contributed by atoms with van der Waals surface area (Å²) in [6.45, 7) is 5.78. The van der Waals surface area contributed by atoms with Crippen LogP contribution in [0.2, 0.25) is 5.02 Å². The molecule has 0 spiro atoms. The summed E-state index contributed by atoms with van der Waals surface area (Å²) in [5.41, 5.74) is 3.69. The van der Waals surface area contributed by atoms with E-state index in [2.05, 4.69) is 34.7 Å². The van der Waals surface area contributed by atoms with Gasteiger partial charge in [-0.3, -0.25) is 10.1 Å². The molecular weight excluding hydrogens is 400 g/mol. The summed E-state index contributed by atoms with van der Waals surface area (Å²) < 4.78 is 0. The zero-order valence-electron chi connectivity index (χ0n) is 17.3. The van der Waals surface area contributed by atoms with Gasteiger partial charge in [0.15, 0.2) is 0 Å². The molecule has 8 heteroatoms. The van der Waals surface area contributed by atoms with Crippen molar-refractivity contribution in [2.75, 3.05) is 11.9 Å². The predicted molar refractivity (Wildman–Crippen MR) is 118 cm³/mol. The Morgan fingerprint density at radius 3 is 2.87 bits per heavy atom. The number of benzene rings is 1. The van der Waals surface area contributed by atoms with Gasteiger partial charge in [0, 0.05) is 12.1 Å². The number of H-pyrrole nitrogens is 1. The van der Waals surface area contributed by atoms with Crippen LogP contribution in [0.5, 0.6) is 0 Å². The number of anilines is 1. The van der Waals surface area contributed by atoms with Crippen LogP contribution in [0.1, 0.15) is 43.6 Å². The van der Waals surface area contributed by atoms with Crippen molar-refractivity contribution in [3.05, 3.63) is 46.2 Å². The smallest absolute Gasteiger partial charge is 0.322 e. The number of carbonyl (C=O) groups is 1. The number of amides is 2. The van der Waals surface area contributed by atoms with Crippen LogP contribution in [0.25, 0.3) is 0 Å². The van der Waals surface area contributed by atoms with E-state index < -0.39 is 0 Å². The van der Waals surface area contributed by atoms with E-state index in [1.807, 2.05) is 12.1 Å². The lowest BCUT2D eigenvalue weighted by atomic mass is 9.77. The van der Waals surface area contributed by atoms with Crippen molar-refractivity contribution in [3.8, 4) is 0 Å². The van der Waals surface area contributed by atoms with Gasteiger partial charge in [-0.25, -0.2) is 4.79 Å². The van der Waals surface area contributed by atoms with Crippen LogP contribution in [0.4, 0.5) is 10.5 Å². The number of halogens is 1. The number of aromatic amines is 1. The Kier molecular flexibility index (Phi) is 4.93. The maximum atomic E-state index is 12.7. The molecular formula is C22H27ClN6O. The second-order valence-corrected chi connectivity index (χ2v) is 9.24. The molecule has 158 valence electrons. The van der Waals surface area contributed by atoms with E-state index in [9.17, 15) is 4.79 Å². The molecule has 1 saturated carbocycles. The Labute approximate surface area is 181 Å². The minimum absolute atomic E-state index is 0.157. The van der Waals surface area contributed by atoms with Crippen molar-refractivity contribution in [1.29, 1.82) is 0 Å². The largest absolute Gasteiger partial charge is 0.364 e. The molecule has 3 aliphatic rings. The number of urea groups is 1. The topological polar surface area (TPSA) is 85.4 Å². The minimum atomic E-state index is -0.157. The summed E-state index contributed by atoms with van der Waals surface area (Å²) in [6, 6.07) is 7.87. The van der Waals surface area contributed by atoms with Gasteiger partial charge < -0.3 is 15.5 Å². The SMILES string of the molecule is CC1CC2N=C(c3n[nH]c4c3CCN(C(=O)Nc3ccccc3Cl)C4)N[C@H]2CC1C. The van der Waals surface area contributed by atoms with E-state index >= 15 is 0 Å². The van der Waals surface area contributed by atoms with Crippen molar-refractivity contribution < 1.29 is 4.79 Å². The molecule has 3 heterocycles. The third kappa shape index (κ3) is 3.45. The lowest BCUT2D eigenvalue weighted by Gasteiger charge is -2.33. The first-order chi connectivity index (χ1) is 14.5. The molecule has 4 atom stereocenters. The van der Waals surface area contributed by atoms with E-state index in [1.54, 1.807) is 17.0 Å². The molecule has 1 aliphatic carbocycles. The maximum absolute atomic E-state index is 12.7. The first kappa shape index (κ1) is 19.4. The Balaban J connectivity index is 1.29. The van der Waals surface area contributed by atoms with Crippen LogP contribution in [-0.4, -0.2) is 45.6 Å². The Hall–Kier alpha value is -2.54. The zero-order valence-corrected chi connectivity index (χ0v) is 18.0. The fourth-order valence-electron chi connectivity index (χ4n) is 4.82. The number of nitrogens with one attached hydrogen (secondary N) is 3. The van der Waals surface area contributed by atoms with Crippen LogP contribution < -0.4 is 10.6 Å². The van der Waals surface area contributed by atoms with Crippen molar-refractivity contribution >= 4 is 29.2 Å². The van der Waals surface area contributed by atoms with Crippen LogP contribution in [-0.2, 0) is 13.0 Å². The second kappa shape index (κ2) is 7.61. The van der Waals surface area contributed by atoms with E-state index in [0.29, 0.717) is 47.7 Å². The van der Waals surface area contributed by atoms with Crippen molar-refractivity contribution in [2.45, 2.75) is 51.7 Å². The number of hydrogen-bond acceptors (Lipinski definition) is 4. The van der Waals surface area contributed by atoms with Gasteiger partial charge in [-0.15, -0.1) is 0 Å². The van der Waals surface area contributed by atoms with Crippen molar-refractivity contribution in [3.63, 3.8) is 0 Å². The number of fused-ring (bicyclic) bond motifs is 2. The molecule has 1 fully saturated rings. The number of hydrogen-bond donors (Lipinski definition) is 3. The van der Waals surface area contributed by atoms with Gasteiger partial charge in [-0.2, -0.15) is 5.10 Å². The molecule has 3 N–H and O–H groups in total. The average Bonchev–Trinajstić information content (AvgIpc) is 3.33. The molecule has 2 aliphatic heterocycles. The van der Waals surface area contributed by atoms with Gasteiger partial charge in [-0.05, 0) is 43.2 Å².